The summed E-state index contributed by atoms with van der Waals surface area (Å²) in [5.74, 6) is -0.591. The lowest BCUT2D eigenvalue weighted by Crippen LogP contribution is -2.50. The second kappa shape index (κ2) is 9.32. The van der Waals surface area contributed by atoms with Crippen molar-refractivity contribution in [1.29, 1.82) is 0 Å². The zero-order valence-electron chi connectivity index (χ0n) is 19.0. The SMILES string of the molecule is CONC(=O)c1nc2ccccc2n(C2CC3CCC(C2)N3C2CCCCCCC2)c1=O. The molecule has 1 amide bonds. The molecular formula is C25H34N4O3. The van der Waals surface area contributed by atoms with Crippen LogP contribution in [0, 0.1) is 0 Å². The maximum atomic E-state index is 13.5. The first-order valence-corrected chi connectivity index (χ1v) is 12.3. The van der Waals surface area contributed by atoms with Crippen LogP contribution >= 0.6 is 0 Å². The van der Waals surface area contributed by atoms with Gasteiger partial charge in [-0.3, -0.25) is 19.3 Å². The number of benzene rings is 1. The van der Waals surface area contributed by atoms with Gasteiger partial charge >= 0.3 is 0 Å². The highest BCUT2D eigenvalue weighted by Crippen LogP contribution is 2.44. The standard InChI is InChI=1S/C25H34N4O3/c1-32-27-24(30)23-25(31)29(22-12-8-7-11-21(22)26-23)20-15-18-13-14-19(16-20)28(18)17-9-5-3-2-4-6-10-17/h7-8,11-12,17-20H,2-6,9-10,13-16H2,1H3,(H,27,30). The number of carbonyl (C=O) groups excluding carboxylic acids is 1. The normalized spacial score (nSPS) is 27.2. The van der Waals surface area contributed by atoms with E-state index in [1.807, 2.05) is 28.8 Å². The third-order valence-electron chi connectivity index (χ3n) is 7.83. The lowest BCUT2D eigenvalue weighted by atomic mass is 9.89. The minimum atomic E-state index is -0.591. The largest absolute Gasteiger partial charge is 0.302 e. The average molecular weight is 439 g/mol. The molecular weight excluding hydrogens is 404 g/mol. The second-order valence-corrected chi connectivity index (χ2v) is 9.72. The molecule has 32 heavy (non-hydrogen) atoms. The smallest absolute Gasteiger partial charge is 0.299 e. The van der Waals surface area contributed by atoms with E-state index in [0.29, 0.717) is 23.6 Å². The van der Waals surface area contributed by atoms with Crippen LogP contribution in [0.25, 0.3) is 11.0 Å². The number of rotatable bonds is 4. The number of amides is 1. The molecule has 5 rings (SSSR count). The Morgan fingerprint density at radius 3 is 2.28 bits per heavy atom. The molecule has 2 bridgehead atoms. The Bertz CT molecular complexity index is 1010. The summed E-state index contributed by atoms with van der Waals surface area (Å²) in [5.41, 5.74) is 3.34. The molecule has 1 aromatic carbocycles. The molecule has 3 aliphatic rings. The van der Waals surface area contributed by atoms with E-state index in [9.17, 15) is 9.59 Å². The fourth-order valence-electron chi connectivity index (χ4n) is 6.53. The predicted octanol–water partition coefficient (Wildman–Crippen LogP) is 3.97. The Morgan fingerprint density at radius 2 is 1.59 bits per heavy atom. The van der Waals surface area contributed by atoms with Crippen LogP contribution in [0.15, 0.2) is 29.1 Å². The van der Waals surface area contributed by atoms with Crippen molar-refractivity contribution >= 4 is 16.9 Å². The molecule has 0 radical (unpaired) electrons. The quantitative estimate of drug-likeness (QED) is 0.731. The Hall–Kier alpha value is -2.25. The fraction of sp³-hybridized carbons (Fsp3) is 0.640. The van der Waals surface area contributed by atoms with Crippen molar-refractivity contribution < 1.29 is 9.63 Å². The van der Waals surface area contributed by atoms with Crippen LogP contribution in [0.3, 0.4) is 0 Å². The number of fused-ring (bicyclic) bond motifs is 3. The number of hydrogen-bond acceptors (Lipinski definition) is 5. The topological polar surface area (TPSA) is 76.5 Å². The molecule has 3 fully saturated rings. The average Bonchev–Trinajstić information content (AvgIpc) is 3.02. The summed E-state index contributed by atoms with van der Waals surface area (Å²) >= 11 is 0. The van der Waals surface area contributed by atoms with Crippen LogP contribution in [-0.4, -0.2) is 45.6 Å². The van der Waals surface area contributed by atoms with E-state index in [2.05, 4.69) is 15.4 Å². The molecule has 1 aromatic heterocycles. The lowest BCUT2D eigenvalue weighted by molar-refractivity contribution is 0.0488. The third-order valence-corrected chi connectivity index (χ3v) is 7.83. The van der Waals surface area contributed by atoms with Crippen LogP contribution < -0.4 is 11.0 Å². The van der Waals surface area contributed by atoms with Crippen molar-refractivity contribution in [2.75, 3.05) is 7.11 Å². The van der Waals surface area contributed by atoms with Gasteiger partial charge in [-0.05, 0) is 50.7 Å². The fourth-order valence-corrected chi connectivity index (χ4v) is 6.53. The van der Waals surface area contributed by atoms with Gasteiger partial charge in [0.05, 0.1) is 18.1 Å². The number of hydroxylamine groups is 1. The van der Waals surface area contributed by atoms with Gasteiger partial charge in [0.15, 0.2) is 5.69 Å². The van der Waals surface area contributed by atoms with Crippen molar-refractivity contribution in [2.24, 2.45) is 0 Å². The maximum absolute atomic E-state index is 13.5. The highest BCUT2D eigenvalue weighted by Gasteiger charge is 2.44. The summed E-state index contributed by atoms with van der Waals surface area (Å²) in [7, 11) is 1.36. The van der Waals surface area contributed by atoms with Crippen LogP contribution in [0.4, 0.5) is 0 Å². The summed E-state index contributed by atoms with van der Waals surface area (Å²) in [6.45, 7) is 0. The Kier molecular flexibility index (Phi) is 6.28. The van der Waals surface area contributed by atoms with Gasteiger partial charge in [0.1, 0.15) is 0 Å². The summed E-state index contributed by atoms with van der Waals surface area (Å²) in [6, 6.07) is 9.49. The number of carbonyl (C=O) groups is 1. The van der Waals surface area contributed by atoms with Gasteiger partial charge in [-0.2, -0.15) is 0 Å². The van der Waals surface area contributed by atoms with Crippen LogP contribution in [0.5, 0.6) is 0 Å². The molecule has 7 heteroatoms. The van der Waals surface area contributed by atoms with Crippen molar-refractivity contribution in [3.63, 3.8) is 0 Å². The Balaban J connectivity index is 1.47. The second-order valence-electron chi connectivity index (χ2n) is 9.72. The zero-order chi connectivity index (χ0) is 22.1. The molecule has 2 atom stereocenters. The number of nitrogens with zero attached hydrogens (tertiary/aromatic N) is 3. The highest BCUT2D eigenvalue weighted by atomic mass is 16.6. The molecule has 1 N–H and O–H groups in total. The first-order valence-electron chi connectivity index (χ1n) is 12.3. The molecule has 1 aliphatic carbocycles. The number of piperidine rings is 1. The first kappa shape index (κ1) is 21.6. The minimum absolute atomic E-state index is 0.0896. The van der Waals surface area contributed by atoms with Crippen LogP contribution in [0.2, 0.25) is 0 Å². The maximum Gasteiger partial charge on any atom is 0.299 e. The van der Waals surface area contributed by atoms with Crippen LogP contribution in [0.1, 0.15) is 87.2 Å². The number of para-hydroxylation sites is 2. The van der Waals surface area contributed by atoms with Gasteiger partial charge in [-0.15, -0.1) is 0 Å². The minimum Gasteiger partial charge on any atom is -0.302 e. The number of hydrogen-bond donors (Lipinski definition) is 1. The van der Waals surface area contributed by atoms with Crippen molar-refractivity contribution in [2.45, 2.75) is 94.8 Å². The molecule has 172 valence electrons. The van der Waals surface area contributed by atoms with E-state index >= 15 is 0 Å². The van der Waals surface area contributed by atoms with E-state index < -0.39 is 5.91 Å². The van der Waals surface area contributed by atoms with Gasteiger partial charge in [0, 0.05) is 24.2 Å². The highest BCUT2D eigenvalue weighted by molar-refractivity contribution is 5.93. The van der Waals surface area contributed by atoms with E-state index in [-0.39, 0.29) is 17.3 Å². The number of nitrogens with one attached hydrogen (secondary N) is 1. The molecule has 1 saturated carbocycles. The van der Waals surface area contributed by atoms with E-state index in [1.54, 1.807) is 0 Å². The lowest BCUT2D eigenvalue weighted by Gasteiger charge is -2.45. The van der Waals surface area contributed by atoms with E-state index in [4.69, 9.17) is 4.84 Å². The summed E-state index contributed by atoms with van der Waals surface area (Å²) < 4.78 is 1.85. The molecule has 7 nitrogen and oxygen atoms in total. The summed E-state index contributed by atoms with van der Waals surface area (Å²) in [6.07, 6.45) is 13.8. The predicted molar refractivity (Wildman–Crippen MR) is 124 cm³/mol. The van der Waals surface area contributed by atoms with Gasteiger partial charge < -0.3 is 4.57 Å². The van der Waals surface area contributed by atoms with Crippen LogP contribution in [-0.2, 0) is 4.84 Å². The van der Waals surface area contributed by atoms with Crippen molar-refractivity contribution in [3.8, 4) is 0 Å². The zero-order valence-corrected chi connectivity index (χ0v) is 19.0. The monoisotopic (exact) mass is 438 g/mol. The summed E-state index contributed by atoms with van der Waals surface area (Å²) in [5, 5.41) is 0. The van der Waals surface area contributed by atoms with Gasteiger partial charge in [-0.1, -0.05) is 44.2 Å². The number of aromatic nitrogens is 2. The van der Waals surface area contributed by atoms with Crippen molar-refractivity contribution in [3.05, 3.63) is 40.3 Å². The molecule has 0 spiro atoms. The first-order chi connectivity index (χ1) is 15.7. The van der Waals surface area contributed by atoms with Gasteiger partial charge in [0.2, 0.25) is 0 Å². The van der Waals surface area contributed by atoms with Gasteiger partial charge in [0.25, 0.3) is 11.5 Å². The Morgan fingerprint density at radius 1 is 0.938 bits per heavy atom. The summed E-state index contributed by atoms with van der Waals surface area (Å²) in [4.78, 5) is 37.9. The Labute approximate surface area is 189 Å². The molecule has 3 heterocycles. The molecule has 2 saturated heterocycles. The van der Waals surface area contributed by atoms with E-state index in [0.717, 1.165) is 18.4 Å². The van der Waals surface area contributed by atoms with E-state index in [1.165, 1.54) is 64.9 Å². The van der Waals surface area contributed by atoms with Gasteiger partial charge in [-0.25, -0.2) is 10.5 Å². The third kappa shape index (κ3) is 3.97. The molecule has 2 unspecified atom stereocenters. The molecule has 2 aliphatic heterocycles. The molecule has 2 aromatic rings. The van der Waals surface area contributed by atoms with Crippen molar-refractivity contribution in [1.82, 2.24) is 19.9 Å².